The summed E-state index contributed by atoms with van der Waals surface area (Å²) in [4.78, 5) is 0. The first-order valence-electron chi connectivity index (χ1n) is 18.7. The maximum Gasteiger partial charge on any atom is 0.0722 e. The molecule has 0 aromatic heterocycles. The van der Waals surface area contributed by atoms with Crippen LogP contribution in [0.1, 0.15) is 92.2 Å². The quantitative estimate of drug-likeness (QED) is 0.196. The van der Waals surface area contributed by atoms with Gasteiger partial charge < -0.3 is 0 Å². The fraction of sp³-hybridized carbons (Fsp3) is 0.200. The van der Waals surface area contributed by atoms with E-state index < -0.39 is 5.41 Å². The summed E-state index contributed by atoms with van der Waals surface area (Å²) in [6.45, 7) is 4.73. The van der Waals surface area contributed by atoms with E-state index in [1.165, 1.54) is 89.1 Å². The van der Waals surface area contributed by atoms with Gasteiger partial charge >= 0.3 is 0 Å². The topological polar surface area (TPSA) is 0 Å². The Morgan fingerprint density at radius 2 is 1.12 bits per heavy atom. The number of rotatable bonds is 6. The number of benzene rings is 4. The van der Waals surface area contributed by atoms with Crippen molar-refractivity contribution < 1.29 is 0 Å². The fourth-order valence-electron chi connectivity index (χ4n) is 9.24. The summed E-state index contributed by atoms with van der Waals surface area (Å²) in [6, 6.07) is 33.0. The normalized spacial score (nSPS) is 20.4. The average Bonchev–Trinajstić information content (AvgIpc) is 3.62. The lowest BCUT2D eigenvalue weighted by Crippen LogP contribution is -2.27. The van der Waals surface area contributed by atoms with Crippen molar-refractivity contribution in [2.24, 2.45) is 0 Å². The number of fused-ring (bicyclic) bond motifs is 7. The van der Waals surface area contributed by atoms with E-state index in [2.05, 4.69) is 160 Å². The SMILES string of the molecule is CCC(=CC1=C(C)c2ccc(C3=CC=CCC3)cc2C12c1cc(C3=CC=CCC3)ccc1-c1ccc(-c3ccccc3)cc12)C1=CC=CCC1. The number of allylic oxidation sites excluding steroid dienone is 16. The van der Waals surface area contributed by atoms with E-state index in [-0.39, 0.29) is 0 Å². The van der Waals surface area contributed by atoms with Crippen molar-refractivity contribution in [3.63, 3.8) is 0 Å². The maximum absolute atomic E-state index is 2.62. The summed E-state index contributed by atoms with van der Waals surface area (Å²) in [7, 11) is 0. The average molecular weight is 645 g/mol. The molecule has 0 fully saturated rings. The number of hydrogen-bond acceptors (Lipinski definition) is 0. The standard InChI is InChI=1S/C50H44/c1-3-35(36-16-8-4-9-17-36)30-46-34(2)43-27-24-40(37-18-10-5-11-19-37)31-47(43)50(46)48-32-41(38-20-12-6-13-21-38)25-28-44(48)45-29-26-42(33-49(45)50)39-22-14-7-15-23-39/h4-8,10,12-14,16,18,20-22,24-33H,3,9,11,15,17,19,23H2,1-2H3. The molecule has 0 saturated carbocycles. The van der Waals surface area contributed by atoms with Crippen molar-refractivity contribution in [1.82, 2.24) is 0 Å². The second-order valence-electron chi connectivity index (χ2n) is 14.4. The lowest BCUT2D eigenvalue weighted by molar-refractivity contribution is 0.781. The molecule has 1 atom stereocenters. The van der Waals surface area contributed by atoms with Gasteiger partial charge in [0.25, 0.3) is 0 Å². The Labute approximate surface area is 298 Å². The Morgan fingerprint density at radius 3 is 1.68 bits per heavy atom. The minimum absolute atomic E-state index is 0.428. The summed E-state index contributed by atoms with van der Waals surface area (Å²) >= 11 is 0. The molecule has 1 unspecified atom stereocenters. The summed E-state index contributed by atoms with van der Waals surface area (Å²) in [5.41, 5.74) is 21.8. The zero-order valence-electron chi connectivity index (χ0n) is 29.3. The van der Waals surface area contributed by atoms with Crippen LogP contribution in [0.5, 0.6) is 0 Å². The van der Waals surface area contributed by atoms with Gasteiger partial charge in [-0.05, 0) is 159 Å². The zero-order chi connectivity index (χ0) is 33.7. The van der Waals surface area contributed by atoms with E-state index in [0.29, 0.717) is 0 Å². The molecule has 4 aromatic rings. The molecule has 1 spiro atoms. The third kappa shape index (κ3) is 4.88. The van der Waals surface area contributed by atoms with Crippen LogP contribution in [0.25, 0.3) is 39.0 Å². The largest absolute Gasteiger partial charge is 0.0842 e. The minimum Gasteiger partial charge on any atom is -0.0842 e. The second-order valence-corrected chi connectivity index (χ2v) is 14.4. The highest BCUT2D eigenvalue weighted by Gasteiger charge is 2.52. The van der Waals surface area contributed by atoms with E-state index in [9.17, 15) is 0 Å². The van der Waals surface area contributed by atoms with Crippen molar-refractivity contribution in [2.45, 2.75) is 64.2 Å². The molecule has 0 amide bonds. The van der Waals surface area contributed by atoms with Gasteiger partial charge in [0.15, 0.2) is 0 Å². The minimum atomic E-state index is -0.428. The first-order valence-corrected chi connectivity index (χ1v) is 18.7. The predicted molar refractivity (Wildman–Crippen MR) is 214 cm³/mol. The zero-order valence-corrected chi connectivity index (χ0v) is 29.3. The molecule has 244 valence electrons. The lowest BCUT2D eigenvalue weighted by atomic mass is 9.68. The molecule has 0 radical (unpaired) electrons. The molecular formula is C50H44. The molecule has 0 aliphatic heterocycles. The van der Waals surface area contributed by atoms with Gasteiger partial charge in [0.2, 0.25) is 0 Å². The summed E-state index contributed by atoms with van der Waals surface area (Å²) in [6.07, 6.45) is 30.8. The Balaban J connectivity index is 1.38. The van der Waals surface area contributed by atoms with Crippen LogP contribution in [0.15, 0.2) is 162 Å². The van der Waals surface area contributed by atoms with Crippen molar-refractivity contribution in [3.05, 3.63) is 196 Å². The van der Waals surface area contributed by atoms with E-state index in [4.69, 9.17) is 0 Å². The molecule has 4 aromatic carbocycles. The first kappa shape index (κ1) is 30.8. The van der Waals surface area contributed by atoms with E-state index in [1.54, 1.807) is 0 Å². The number of hydrogen-bond donors (Lipinski definition) is 0. The first-order chi connectivity index (χ1) is 24.7. The molecule has 0 nitrogen and oxygen atoms in total. The van der Waals surface area contributed by atoms with Crippen LogP contribution in [0, 0.1) is 0 Å². The van der Waals surface area contributed by atoms with Gasteiger partial charge in [0.1, 0.15) is 0 Å². The van der Waals surface area contributed by atoms with Crippen LogP contribution in [0.4, 0.5) is 0 Å². The van der Waals surface area contributed by atoms with Gasteiger partial charge in [0, 0.05) is 0 Å². The van der Waals surface area contributed by atoms with Gasteiger partial charge in [-0.1, -0.05) is 134 Å². The molecule has 0 N–H and O–H groups in total. The van der Waals surface area contributed by atoms with Crippen molar-refractivity contribution in [3.8, 4) is 22.3 Å². The van der Waals surface area contributed by atoms with Crippen LogP contribution in [-0.4, -0.2) is 0 Å². The molecule has 5 aliphatic rings. The van der Waals surface area contributed by atoms with Crippen LogP contribution in [0.3, 0.4) is 0 Å². The molecule has 0 saturated heterocycles. The van der Waals surface area contributed by atoms with Crippen LogP contribution in [0.2, 0.25) is 0 Å². The van der Waals surface area contributed by atoms with E-state index >= 15 is 0 Å². The van der Waals surface area contributed by atoms with Crippen molar-refractivity contribution in [2.75, 3.05) is 0 Å². The lowest BCUT2D eigenvalue weighted by Gasteiger charge is -2.33. The molecule has 0 heterocycles. The summed E-state index contributed by atoms with van der Waals surface area (Å²) in [5, 5.41) is 0. The van der Waals surface area contributed by atoms with Gasteiger partial charge in [-0.15, -0.1) is 0 Å². The van der Waals surface area contributed by atoms with E-state index in [1.807, 2.05) is 0 Å². The highest BCUT2D eigenvalue weighted by molar-refractivity contribution is 5.97. The molecule has 0 bridgehead atoms. The molecule has 5 aliphatic carbocycles. The molecule has 0 heteroatoms. The highest BCUT2D eigenvalue weighted by atomic mass is 14.5. The molecule has 50 heavy (non-hydrogen) atoms. The highest BCUT2D eigenvalue weighted by Crippen LogP contribution is 2.63. The van der Waals surface area contributed by atoms with Crippen LogP contribution in [-0.2, 0) is 5.41 Å². The predicted octanol–water partition coefficient (Wildman–Crippen LogP) is 13.5. The Kier molecular flexibility index (Phi) is 7.77. The Bertz CT molecular complexity index is 2290. The van der Waals surface area contributed by atoms with Crippen LogP contribution >= 0.6 is 0 Å². The van der Waals surface area contributed by atoms with Crippen LogP contribution < -0.4 is 0 Å². The second kappa shape index (κ2) is 12.6. The fourth-order valence-corrected chi connectivity index (χ4v) is 9.24. The van der Waals surface area contributed by atoms with Gasteiger partial charge in [-0.25, -0.2) is 0 Å². The maximum atomic E-state index is 2.62. The third-order valence-electron chi connectivity index (χ3n) is 11.8. The van der Waals surface area contributed by atoms with Gasteiger partial charge in [-0.3, -0.25) is 0 Å². The smallest absolute Gasteiger partial charge is 0.0722 e. The molecular weight excluding hydrogens is 601 g/mol. The van der Waals surface area contributed by atoms with Crippen molar-refractivity contribution >= 4 is 16.7 Å². The van der Waals surface area contributed by atoms with Gasteiger partial charge in [0.05, 0.1) is 5.41 Å². The van der Waals surface area contributed by atoms with E-state index in [0.717, 1.165) is 44.9 Å². The molecule has 9 rings (SSSR count). The Hall–Kier alpha value is -5.20. The van der Waals surface area contributed by atoms with Crippen molar-refractivity contribution in [1.29, 1.82) is 0 Å². The monoisotopic (exact) mass is 644 g/mol. The van der Waals surface area contributed by atoms with Gasteiger partial charge in [-0.2, -0.15) is 0 Å². The third-order valence-corrected chi connectivity index (χ3v) is 11.8. The summed E-state index contributed by atoms with van der Waals surface area (Å²) in [5.74, 6) is 0. The summed E-state index contributed by atoms with van der Waals surface area (Å²) < 4.78 is 0. The Morgan fingerprint density at radius 1 is 0.580 bits per heavy atom.